The topological polar surface area (TPSA) is 44.8 Å². The molecule has 0 aliphatic carbocycles. The van der Waals surface area contributed by atoms with Crippen LogP contribution in [0.2, 0.25) is 0 Å². The van der Waals surface area contributed by atoms with E-state index in [9.17, 15) is 13.6 Å². The molecule has 0 radical (unpaired) electrons. The maximum atomic E-state index is 13.4. The van der Waals surface area contributed by atoms with Crippen LogP contribution in [0.3, 0.4) is 0 Å². The van der Waals surface area contributed by atoms with Crippen molar-refractivity contribution in [1.82, 2.24) is 10.2 Å². The molecule has 138 valence electrons. The third kappa shape index (κ3) is 4.62. The van der Waals surface area contributed by atoms with Crippen LogP contribution in [0.5, 0.6) is 5.75 Å². The van der Waals surface area contributed by atoms with Crippen LogP contribution in [0.15, 0.2) is 48.5 Å². The molecule has 1 aliphatic heterocycles. The molecule has 0 atom stereocenters. The zero-order chi connectivity index (χ0) is 18.4. The number of rotatable bonds is 5. The van der Waals surface area contributed by atoms with Crippen LogP contribution in [0.1, 0.15) is 0 Å². The highest BCUT2D eigenvalue weighted by Gasteiger charge is 2.21. The normalized spacial score (nSPS) is 14.2. The Morgan fingerprint density at radius 1 is 1.00 bits per heavy atom. The molecule has 1 N–H and O–H groups in total. The van der Waals surface area contributed by atoms with Gasteiger partial charge in [-0.1, -0.05) is 12.1 Å². The molecule has 3 rings (SSSR count). The number of piperazine rings is 1. The maximum absolute atomic E-state index is 13.4. The van der Waals surface area contributed by atoms with Crippen molar-refractivity contribution in [3.63, 3.8) is 0 Å². The van der Waals surface area contributed by atoms with E-state index in [1.165, 1.54) is 18.2 Å². The van der Waals surface area contributed by atoms with Crippen molar-refractivity contribution in [2.24, 2.45) is 0 Å². The summed E-state index contributed by atoms with van der Waals surface area (Å²) in [4.78, 5) is 16.0. The van der Waals surface area contributed by atoms with Gasteiger partial charge in [-0.15, -0.1) is 0 Å². The SMILES string of the molecule is O=C(NCCOc1ccccc1F)N1CCN(c2ccc(F)cc2)CC1. The van der Waals surface area contributed by atoms with Gasteiger partial charge in [0.1, 0.15) is 12.4 Å². The second-order valence-electron chi connectivity index (χ2n) is 5.96. The molecule has 1 fully saturated rings. The molecule has 2 aromatic carbocycles. The van der Waals surface area contributed by atoms with Gasteiger partial charge in [0, 0.05) is 31.9 Å². The average Bonchev–Trinajstić information content (AvgIpc) is 2.67. The number of ether oxygens (including phenoxy) is 1. The summed E-state index contributed by atoms with van der Waals surface area (Å²) in [6.07, 6.45) is 0. The lowest BCUT2D eigenvalue weighted by molar-refractivity contribution is 0.191. The zero-order valence-electron chi connectivity index (χ0n) is 14.3. The minimum absolute atomic E-state index is 0.166. The Morgan fingerprint density at radius 2 is 1.69 bits per heavy atom. The van der Waals surface area contributed by atoms with E-state index in [1.807, 2.05) is 0 Å². The van der Waals surface area contributed by atoms with Gasteiger partial charge in [0.25, 0.3) is 0 Å². The van der Waals surface area contributed by atoms with Crippen LogP contribution >= 0.6 is 0 Å². The minimum atomic E-state index is -0.421. The fourth-order valence-electron chi connectivity index (χ4n) is 2.81. The van der Waals surface area contributed by atoms with Crippen molar-refractivity contribution in [3.05, 3.63) is 60.2 Å². The van der Waals surface area contributed by atoms with E-state index in [2.05, 4.69) is 10.2 Å². The van der Waals surface area contributed by atoms with Crippen LogP contribution in [-0.2, 0) is 0 Å². The van der Waals surface area contributed by atoms with E-state index in [4.69, 9.17) is 4.74 Å². The number of nitrogens with zero attached hydrogens (tertiary/aromatic N) is 2. The third-order valence-electron chi connectivity index (χ3n) is 4.23. The number of para-hydroxylation sites is 1. The highest BCUT2D eigenvalue weighted by atomic mass is 19.1. The van der Waals surface area contributed by atoms with Gasteiger partial charge >= 0.3 is 6.03 Å². The molecule has 0 bridgehead atoms. The first-order valence-corrected chi connectivity index (χ1v) is 8.54. The zero-order valence-corrected chi connectivity index (χ0v) is 14.3. The molecule has 0 spiro atoms. The molecular formula is C19H21F2N3O2. The summed E-state index contributed by atoms with van der Waals surface area (Å²) in [7, 11) is 0. The molecule has 2 aromatic rings. The first-order valence-electron chi connectivity index (χ1n) is 8.54. The van der Waals surface area contributed by atoms with Crippen molar-refractivity contribution in [2.45, 2.75) is 0 Å². The maximum Gasteiger partial charge on any atom is 0.317 e. The first-order chi connectivity index (χ1) is 12.6. The number of benzene rings is 2. The van der Waals surface area contributed by atoms with Gasteiger partial charge in [-0.25, -0.2) is 13.6 Å². The average molecular weight is 361 g/mol. The lowest BCUT2D eigenvalue weighted by Gasteiger charge is -2.36. The highest BCUT2D eigenvalue weighted by molar-refractivity contribution is 5.74. The Balaban J connectivity index is 1.38. The number of urea groups is 1. The molecule has 5 nitrogen and oxygen atoms in total. The second kappa shape index (κ2) is 8.51. The molecular weight excluding hydrogens is 340 g/mol. The van der Waals surface area contributed by atoms with E-state index < -0.39 is 5.82 Å². The molecule has 1 aliphatic rings. The molecule has 2 amide bonds. The molecule has 0 aromatic heterocycles. The van der Waals surface area contributed by atoms with Gasteiger partial charge in [-0.3, -0.25) is 0 Å². The first kappa shape index (κ1) is 18.0. The summed E-state index contributed by atoms with van der Waals surface area (Å²) < 4.78 is 31.7. The molecule has 7 heteroatoms. The van der Waals surface area contributed by atoms with E-state index in [-0.39, 0.29) is 24.2 Å². The third-order valence-corrected chi connectivity index (χ3v) is 4.23. The molecule has 0 saturated carbocycles. The Hall–Kier alpha value is -2.83. The molecule has 1 saturated heterocycles. The summed E-state index contributed by atoms with van der Waals surface area (Å²) >= 11 is 0. The van der Waals surface area contributed by atoms with E-state index in [1.54, 1.807) is 35.2 Å². The predicted molar refractivity (Wildman–Crippen MR) is 95.5 cm³/mol. The molecule has 1 heterocycles. The minimum Gasteiger partial charge on any atom is -0.489 e. The van der Waals surface area contributed by atoms with Gasteiger partial charge < -0.3 is 19.9 Å². The number of hydrogen-bond acceptors (Lipinski definition) is 3. The summed E-state index contributed by atoms with van der Waals surface area (Å²) in [6, 6.07) is 12.3. The molecule has 0 unspecified atom stereocenters. The highest BCUT2D eigenvalue weighted by Crippen LogP contribution is 2.17. The number of carbonyl (C=O) groups excluding carboxylic acids is 1. The van der Waals surface area contributed by atoms with Gasteiger partial charge in [-0.05, 0) is 36.4 Å². The van der Waals surface area contributed by atoms with E-state index in [0.29, 0.717) is 32.7 Å². The van der Waals surface area contributed by atoms with Crippen molar-refractivity contribution in [1.29, 1.82) is 0 Å². The Morgan fingerprint density at radius 3 is 2.38 bits per heavy atom. The monoisotopic (exact) mass is 361 g/mol. The fraction of sp³-hybridized carbons (Fsp3) is 0.316. The van der Waals surface area contributed by atoms with Crippen LogP contribution in [0, 0.1) is 11.6 Å². The van der Waals surface area contributed by atoms with Gasteiger partial charge in [-0.2, -0.15) is 0 Å². The largest absolute Gasteiger partial charge is 0.489 e. The number of hydrogen-bond donors (Lipinski definition) is 1. The second-order valence-corrected chi connectivity index (χ2v) is 5.96. The Kier molecular flexibility index (Phi) is 5.88. The fourth-order valence-corrected chi connectivity index (χ4v) is 2.81. The van der Waals surface area contributed by atoms with Gasteiger partial charge in [0.05, 0.1) is 6.54 Å². The van der Waals surface area contributed by atoms with Crippen LogP contribution < -0.4 is 15.0 Å². The number of amides is 2. The van der Waals surface area contributed by atoms with Crippen molar-refractivity contribution in [3.8, 4) is 5.75 Å². The van der Waals surface area contributed by atoms with E-state index >= 15 is 0 Å². The standard InChI is InChI=1S/C19H21F2N3O2/c20-15-5-7-16(8-6-15)23-10-12-24(13-11-23)19(25)22-9-14-26-18-4-2-1-3-17(18)21/h1-8H,9-14H2,(H,22,25). The Labute approximate surface area is 151 Å². The summed E-state index contributed by atoms with van der Waals surface area (Å²) in [5.74, 6) is -0.505. The number of halogens is 2. The predicted octanol–water partition coefficient (Wildman–Crippen LogP) is 2.88. The van der Waals surface area contributed by atoms with Crippen LogP contribution in [0.4, 0.5) is 19.3 Å². The Bertz CT molecular complexity index is 732. The summed E-state index contributed by atoms with van der Waals surface area (Å²) in [5.41, 5.74) is 0.949. The summed E-state index contributed by atoms with van der Waals surface area (Å²) in [5, 5.41) is 2.78. The lowest BCUT2D eigenvalue weighted by Crippen LogP contribution is -2.52. The van der Waals surface area contributed by atoms with Crippen LogP contribution in [0.25, 0.3) is 0 Å². The summed E-state index contributed by atoms with van der Waals surface area (Å²) in [6.45, 7) is 3.03. The smallest absolute Gasteiger partial charge is 0.317 e. The van der Waals surface area contributed by atoms with Crippen molar-refractivity contribution < 1.29 is 18.3 Å². The van der Waals surface area contributed by atoms with Crippen LogP contribution in [-0.4, -0.2) is 50.3 Å². The number of nitrogens with one attached hydrogen (secondary N) is 1. The van der Waals surface area contributed by atoms with Crippen molar-refractivity contribution >= 4 is 11.7 Å². The molecule has 26 heavy (non-hydrogen) atoms. The van der Waals surface area contributed by atoms with Gasteiger partial charge in [0.15, 0.2) is 11.6 Å². The van der Waals surface area contributed by atoms with Crippen molar-refractivity contribution in [2.75, 3.05) is 44.2 Å². The quantitative estimate of drug-likeness (QED) is 0.833. The van der Waals surface area contributed by atoms with Gasteiger partial charge in [0.2, 0.25) is 0 Å². The number of anilines is 1. The van der Waals surface area contributed by atoms with E-state index in [0.717, 1.165) is 5.69 Å². The number of carbonyl (C=O) groups is 1. The lowest BCUT2D eigenvalue weighted by atomic mass is 10.2.